The maximum atomic E-state index is 12.3. The molecule has 5 heteroatoms. The molecular formula is C24H27N3O2. The number of carbonyl (C=O) groups is 1. The van der Waals surface area contributed by atoms with Gasteiger partial charge in [-0.1, -0.05) is 36.4 Å². The lowest BCUT2D eigenvalue weighted by molar-refractivity contribution is -0.122. The summed E-state index contributed by atoms with van der Waals surface area (Å²) in [6.45, 7) is 2.80. The van der Waals surface area contributed by atoms with Gasteiger partial charge < -0.3 is 15.0 Å². The van der Waals surface area contributed by atoms with E-state index >= 15 is 0 Å². The van der Waals surface area contributed by atoms with Crippen LogP contribution in [0.15, 0.2) is 60.8 Å². The minimum absolute atomic E-state index is 0.0856. The smallest absolute Gasteiger partial charge is 0.234 e. The van der Waals surface area contributed by atoms with Crippen LogP contribution in [0.2, 0.25) is 0 Å². The highest BCUT2D eigenvalue weighted by molar-refractivity contribution is 5.92. The molecule has 0 spiro atoms. The van der Waals surface area contributed by atoms with Crippen molar-refractivity contribution >= 4 is 22.4 Å². The van der Waals surface area contributed by atoms with Crippen LogP contribution in [0, 0.1) is 0 Å². The number of aromatic nitrogens is 1. The molecule has 1 amide bonds. The second kappa shape index (κ2) is 8.97. The molecule has 1 aromatic heterocycles. The summed E-state index contributed by atoms with van der Waals surface area (Å²) < 4.78 is 5.17. The van der Waals surface area contributed by atoms with Gasteiger partial charge in [-0.15, -0.1) is 0 Å². The molecule has 1 aliphatic rings. The number of hydrogen-bond acceptors (Lipinski definition) is 3. The van der Waals surface area contributed by atoms with Crippen molar-refractivity contribution in [1.29, 1.82) is 0 Å². The maximum Gasteiger partial charge on any atom is 0.234 e. The number of carbonyl (C=O) groups excluding carboxylic acids is 1. The van der Waals surface area contributed by atoms with Crippen LogP contribution >= 0.6 is 0 Å². The Morgan fingerprint density at radius 3 is 2.76 bits per heavy atom. The number of amides is 1. The van der Waals surface area contributed by atoms with Gasteiger partial charge in [0.15, 0.2) is 0 Å². The van der Waals surface area contributed by atoms with E-state index in [1.807, 2.05) is 30.3 Å². The maximum absolute atomic E-state index is 12.3. The Morgan fingerprint density at radius 1 is 1.17 bits per heavy atom. The van der Waals surface area contributed by atoms with E-state index in [2.05, 4.69) is 45.7 Å². The third kappa shape index (κ3) is 4.69. The Hall–Kier alpha value is -3.05. The highest BCUT2D eigenvalue weighted by atomic mass is 16.5. The molecule has 0 atom stereocenters. The first-order valence-electron chi connectivity index (χ1n) is 10.1. The van der Waals surface area contributed by atoms with Crippen LogP contribution in [0.5, 0.6) is 5.75 Å². The minimum atomic E-state index is 0.0856. The van der Waals surface area contributed by atoms with E-state index in [-0.39, 0.29) is 5.91 Å². The van der Waals surface area contributed by atoms with E-state index in [4.69, 9.17) is 4.74 Å². The number of nitrogens with one attached hydrogen (secondary N) is 2. The van der Waals surface area contributed by atoms with Gasteiger partial charge in [-0.2, -0.15) is 0 Å². The lowest BCUT2D eigenvalue weighted by atomic mass is 9.99. The second-order valence-electron chi connectivity index (χ2n) is 7.41. The Morgan fingerprint density at radius 2 is 2.00 bits per heavy atom. The molecule has 0 fully saturated rings. The van der Waals surface area contributed by atoms with Crippen molar-refractivity contribution in [2.45, 2.75) is 12.8 Å². The number of hydrogen-bond donors (Lipinski definition) is 2. The fourth-order valence-corrected chi connectivity index (χ4v) is 3.83. The number of rotatable bonds is 7. The molecule has 0 aliphatic carbocycles. The average molecular weight is 389 g/mol. The summed E-state index contributed by atoms with van der Waals surface area (Å²) in [6.07, 6.45) is 6.13. The fourth-order valence-electron chi connectivity index (χ4n) is 3.83. The molecule has 2 aromatic carbocycles. The Kier molecular flexibility index (Phi) is 5.96. The molecule has 150 valence electrons. The first-order chi connectivity index (χ1) is 14.2. The molecular weight excluding hydrogens is 362 g/mol. The van der Waals surface area contributed by atoms with Crippen LogP contribution < -0.4 is 10.1 Å². The topological polar surface area (TPSA) is 57.4 Å². The summed E-state index contributed by atoms with van der Waals surface area (Å²) in [7, 11) is 1.66. The summed E-state index contributed by atoms with van der Waals surface area (Å²) in [5, 5.41) is 4.30. The van der Waals surface area contributed by atoms with Crippen LogP contribution in [0.1, 0.15) is 17.5 Å². The van der Waals surface area contributed by atoms with Gasteiger partial charge in [0.2, 0.25) is 5.91 Å². The molecule has 0 bridgehead atoms. The molecule has 3 aromatic rings. The van der Waals surface area contributed by atoms with Gasteiger partial charge >= 0.3 is 0 Å². The van der Waals surface area contributed by atoms with Gasteiger partial charge in [0, 0.05) is 42.3 Å². The van der Waals surface area contributed by atoms with E-state index in [1.54, 1.807) is 7.11 Å². The Labute approximate surface area is 171 Å². The molecule has 1 aliphatic heterocycles. The molecule has 0 unspecified atom stereocenters. The van der Waals surface area contributed by atoms with Gasteiger partial charge in [0.05, 0.1) is 13.7 Å². The highest BCUT2D eigenvalue weighted by Gasteiger charge is 2.17. The monoisotopic (exact) mass is 389 g/mol. The molecule has 2 heterocycles. The van der Waals surface area contributed by atoms with Crippen LogP contribution in [-0.2, 0) is 11.2 Å². The number of para-hydroxylation sites is 1. The quantitative estimate of drug-likeness (QED) is 0.649. The SMILES string of the molecule is COc1ccc(CCNC(=O)CN2CC=C(c3c[nH]c4ccccc34)CC2)cc1. The zero-order valence-electron chi connectivity index (χ0n) is 16.8. The number of nitrogens with zero attached hydrogens (tertiary/aromatic N) is 1. The Bertz CT molecular complexity index is 1000. The van der Waals surface area contributed by atoms with Crippen molar-refractivity contribution in [3.8, 4) is 5.75 Å². The third-order valence-corrected chi connectivity index (χ3v) is 5.49. The predicted molar refractivity (Wildman–Crippen MR) is 117 cm³/mol. The van der Waals surface area contributed by atoms with Crippen molar-refractivity contribution in [2.75, 3.05) is 33.3 Å². The average Bonchev–Trinajstić information content (AvgIpc) is 3.19. The second-order valence-corrected chi connectivity index (χ2v) is 7.41. The summed E-state index contributed by atoms with van der Waals surface area (Å²) in [5.74, 6) is 0.936. The number of H-pyrrole nitrogens is 1. The fraction of sp³-hybridized carbons (Fsp3) is 0.292. The van der Waals surface area contributed by atoms with Gasteiger partial charge in [-0.05, 0) is 42.2 Å². The predicted octanol–water partition coefficient (Wildman–Crippen LogP) is 3.62. The van der Waals surface area contributed by atoms with Crippen molar-refractivity contribution in [2.24, 2.45) is 0 Å². The minimum Gasteiger partial charge on any atom is -0.497 e. The number of methoxy groups -OCH3 is 1. The number of fused-ring (bicyclic) bond motifs is 1. The molecule has 2 N–H and O–H groups in total. The Balaban J connectivity index is 1.25. The largest absolute Gasteiger partial charge is 0.497 e. The van der Waals surface area contributed by atoms with Crippen LogP contribution in [0.3, 0.4) is 0 Å². The van der Waals surface area contributed by atoms with Gasteiger partial charge in [-0.25, -0.2) is 0 Å². The molecule has 0 radical (unpaired) electrons. The zero-order valence-corrected chi connectivity index (χ0v) is 16.8. The molecule has 0 saturated carbocycles. The summed E-state index contributed by atoms with van der Waals surface area (Å²) in [5.41, 5.74) is 5.00. The molecule has 0 saturated heterocycles. The van der Waals surface area contributed by atoms with Crippen molar-refractivity contribution in [1.82, 2.24) is 15.2 Å². The van der Waals surface area contributed by atoms with E-state index in [0.717, 1.165) is 31.7 Å². The van der Waals surface area contributed by atoms with Crippen molar-refractivity contribution in [3.63, 3.8) is 0 Å². The molecule has 5 nitrogen and oxygen atoms in total. The van der Waals surface area contributed by atoms with Crippen molar-refractivity contribution < 1.29 is 9.53 Å². The van der Waals surface area contributed by atoms with Crippen LogP contribution in [0.4, 0.5) is 0 Å². The van der Waals surface area contributed by atoms with Crippen LogP contribution in [-0.4, -0.2) is 49.1 Å². The lowest BCUT2D eigenvalue weighted by Gasteiger charge is -2.25. The van der Waals surface area contributed by atoms with Gasteiger partial charge in [-0.3, -0.25) is 9.69 Å². The highest BCUT2D eigenvalue weighted by Crippen LogP contribution is 2.28. The van der Waals surface area contributed by atoms with E-state index in [9.17, 15) is 4.79 Å². The van der Waals surface area contributed by atoms with Gasteiger partial charge in [0.25, 0.3) is 0 Å². The summed E-state index contributed by atoms with van der Waals surface area (Å²) >= 11 is 0. The van der Waals surface area contributed by atoms with E-state index in [0.29, 0.717) is 13.1 Å². The number of benzene rings is 2. The first-order valence-corrected chi connectivity index (χ1v) is 10.1. The summed E-state index contributed by atoms with van der Waals surface area (Å²) in [4.78, 5) is 17.8. The third-order valence-electron chi connectivity index (χ3n) is 5.49. The first kappa shape index (κ1) is 19.3. The number of aromatic amines is 1. The lowest BCUT2D eigenvalue weighted by Crippen LogP contribution is -2.39. The molecule has 4 rings (SSSR count). The van der Waals surface area contributed by atoms with E-state index < -0.39 is 0 Å². The van der Waals surface area contributed by atoms with Crippen LogP contribution in [0.25, 0.3) is 16.5 Å². The van der Waals surface area contributed by atoms with Crippen molar-refractivity contribution in [3.05, 3.63) is 71.9 Å². The zero-order chi connectivity index (χ0) is 20.1. The summed E-state index contributed by atoms with van der Waals surface area (Å²) in [6, 6.07) is 16.3. The normalized spacial score (nSPS) is 14.6. The standard InChI is InChI=1S/C24H27N3O2/c1-29-20-8-6-18(7-9-20)10-13-25-24(28)17-27-14-11-19(12-15-27)22-16-26-23-5-3-2-4-21(22)23/h2-9,11,16,26H,10,12-15,17H2,1H3,(H,25,28). The molecule has 29 heavy (non-hydrogen) atoms. The van der Waals surface area contributed by atoms with E-state index in [1.165, 1.54) is 27.6 Å². The van der Waals surface area contributed by atoms with Gasteiger partial charge in [0.1, 0.15) is 5.75 Å². The number of ether oxygens (including phenoxy) is 1.